The van der Waals surface area contributed by atoms with Crippen molar-refractivity contribution in [3.63, 3.8) is 0 Å². The number of nitrogens with zero attached hydrogens (tertiary/aromatic N) is 3. The molecule has 3 rings (SSSR count). The van der Waals surface area contributed by atoms with Gasteiger partial charge in [-0.05, 0) is 25.0 Å². The molecule has 1 saturated carbocycles. The standard InChI is InChI=1S/C16H17N5O5/c1-26-10-4-5-11(13(6-10)21(24)25)18-14-7-12(9-2-3-9)19-16(20-14)17-8-15(22)23/h4-7,9H,2-3,8H2,1H3,(H,22,23)(H2,17,18,19,20). The quantitative estimate of drug-likeness (QED) is 0.479. The summed E-state index contributed by atoms with van der Waals surface area (Å²) < 4.78 is 5.02. The summed E-state index contributed by atoms with van der Waals surface area (Å²) in [6, 6.07) is 6.16. The molecule has 0 unspecified atom stereocenters. The summed E-state index contributed by atoms with van der Waals surface area (Å²) in [6.07, 6.45) is 2.00. The average Bonchev–Trinajstić information content (AvgIpc) is 3.45. The highest BCUT2D eigenvalue weighted by atomic mass is 16.6. The van der Waals surface area contributed by atoms with Gasteiger partial charge in [-0.1, -0.05) is 0 Å². The van der Waals surface area contributed by atoms with Gasteiger partial charge in [0.05, 0.1) is 23.8 Å². The maximum absolute atomic E-state index is 11.3. The summed E-state index contributed by atoms with van der Waals surface area (Å²) in [5.74, 6) is 0.145. The second-order valence-corrected chi connectivity index (χ2v) is 5.79. The molecule has 26 heavy (non-hydrogen) atoms. The number of carboxylic acid groups (broad SMARTS) is 1. The molecule has 2 aromatic rings. The largest absolute Gasteiger partial charge is 0.496 e. The summed E-state index contributed by atoms with van der Waals surface area (Å²) in [4.78, 5) is 30.0. The monoisotopic (exact) mass is 359 g/mol. The van der Waals surface area contributed by atoms with Crippen LogP contribution >= 0.6 is 0 Å². The lowest BCUT2D eigenvalue weighted by Gasteiger charge is -2.11. The molecule has 10 nitrogen and oxygen atoms in total. The number of aromatic nitrogens is 2. The SMILES string of the molecule is COc1ccc(Nc2cc(C3CC3)nc(NCC(=O)O)n2)c([N+](=O)[O-])c1. The molecule has 3 N–H and O–H groups in total. The molecule has 0 spiro atoms. The van der Waals surface area contributed by atoms with Gasteiger partial charge < -0.3 is 20.5 Å². The minimum absolute atomic E-state index is 0.157. The zero-order chi connectivity index (χ0) is 18.7. The first-order valence-electron chi connectivity index (χ1n) is 7.90. The lowest BCUT2D eigenvalue weighted by atomic mass is 10.2. The molecule has 136 valence electrons. The van der Waals surface area contributed by atoms with Crippen LogP contribution in [0, 0.1) is 10.1 Å². The highest BCUT2D eigenvalue weighted by Gasteiger charge is 2.26. The van der Waals surface area contributed by atoms with Gasteiger partial charge in [0.2, 0.25) is 5.95 Å². The van der Waals surface area contributed by atoms with Gasteiger partial charge in [-0.15, -0.1) is 0 Å². The average molecular weight is 359 g/mol. The van der Waals surface area contributed by atoms with E-state index in [4.69, 9.17) is 9.84 Å². The molecule has 0 atom stereocenters. The van der Waals surface area contributed by atoms with E-state index in [9.17, 15) is 14.9 Å². The smallest absolute Gasteiger partial charge is 0.322 e. The van der Waals surface area contributed by atoms with E-state index < -0.39 is 10.9 Å². The number of anilines is 3. The summed E-state index contributed by atoms with van der Waals surface area (Å²) in [5, 5.41) is 25.7. The van der Waals surface area contributed by atoms with Gasteiger partial charge in [0.25, 0.3) is 5.69 Å². The Hall–Kier alpha value is -3.43. The van der Waals surface area contributed by atoms with Crippen LogP contribution in [0.1, 0.15) is 24.5 Å². The van der Waals surface area contributed by atoms with Crippen molar-refractivity contribution in [2.45, 2.75) is 18.8 Å². The van der Waals surface area contributed by atoms with E-state index in [1.807, 2.05) is 0 Å². The first-order chi connectivity index (χ1) is 12.5. The molecule has 0 radical (unpaired) electrons. The van der Waals surface area contributed by atoms with Crippen molar-refractivity contribution in [1.82, 2.24) is 9.97 Å². The number of rotatable bonds is 8. The Morgan fingerprint density at radius 3 is 2.77 bits per heavy atom. The van der Waals surface area contributed by atoms with Crippen LogP contribution in [0.2, 0.25) is 0 Å². The lowest BCUT2D eigenvalue weighted by Crippen LogP contribution is -2.15. The van der Waals surface area contributed by atoms with Crippen LogP contribution in [-0.2, 0) is 4.79 Å². The van der Waals surface area contributed by atoms with Gasteiger partial charge in [-0.25, -0.2) is 4.98 Å². The Balaban J connectivity index is 1.91. The topological polar surface area (TPSA) is 140 Å². The molecule has 0 saturated heterocycles. The van der Waals surface area contributed by atoms with Crippen LogP contribution in [0.15, 0.2) is 24.3 Å². The Labute approximate surface area is 148 Å². The normalized spacial score (nSPS) is 13.1. The van der Waals surface area contributed by atoms with Crippen LogP contribution < -0.4 is 15.4 Å². The number of carboxylic acids is 1. The summed E-state index contributed by atoms with van der Waals surface area (Å²) in [5.41, 5.74) is 0.864. The van der Waals surface area contributed by atoms with Crippen molar-refractivity contribution in [2.75, 3.05) is 24.3 Å². The third-order valence-corrected chi connectivity index (χ3v) is 3.80. The fourth-order valence-electron chi connectivity index (χ4n) is 2.39. The van der Waals surface area contributed by atoms with Crippen LogP contribution in [0.3, 0.4) is 0 Å². The number of nitro groups is 1. The molecular weight excluding hydrogens is 342 g/mol. The van der Waals surface area contributed by atoms with Crippen molar-refractivity contribution in [1.29, 1.82) is 0 Å². The highest BCUT2D eigenvalue weighted by molar-refractivity contribution is 5.72. The molecule has 0 amide bonds. The Morgan fingerprint density at radius 2 is 2.15 bits per heavy atom. The third kappa shape index (κ3) is 4.15. The molecule has 1 aromatic heterocycles. The van der Waals surface area contributed by atoms with Crippen molar-refractivity contribution in [3.05, 3.63) is 40.1 Å². The van der Waals surface area contributed by atoms with E-state index in [0.717, 1.165) is 18.5 Å². The number of nitro benzene ring substituents is 1. The van der Waals surface area contributed by atoms with Crippen LogP contribution in [0.5, 0.6) is 5.75 Å². The Kier molecular flexibility index (Phi) is 4.83. The Bertz CT molecular complexity index is 853. The highest BCUT2D eigenvalue weighted by Crippen LogP contribution is 2.40. The number of nitrogens with one attached hydrogen (secondary N) is 2. The third-order valence-electron chi connectivity index (χ3n) is 3.80. The number of benzene rings is 1. The first-order valence-corrected chi connectivity index (χ1v) is 7.90. The number of hydrogen-bond donors (Lipinski definition) is 3. The van der Waals surface area contributed by atoms with E-state index >= 15 is 0 Å². The molecule has 1 fully saturated rings. The van der Waals surface area contributed by atoms with Gasteiger partial charge in [-0.3, -0.25) is 14.9 Å². The number of methoxy groups -OCH3 is 1. The summed E-state index contributed by atoms with van der Waals surface area (Å²) in [6.45, 7) is -0.323. The fraction of sp³-hybridized carbons (Fsp3) is 0.312. The van der Waals surface area contributed by atoms with Crippen molar-refractivity contribution < 1.29 is 19.6 Å². The van der Waals surface area contributed by atoms with E-state index in [2.05, 4.69) is 20.6 Å². The molecule has 1 aromatic carbocycles. The molecule has 0 bridgehead atoms. The van der Waals surface area contributed by atoms with Crippen LogP contribution in [0.25, 0.3) is 0 Å². The van der Waals surface area contributed by atoms with Gasteiger partial charge in [0, 0.05) is 12.0 Å². The van der Waals surface area contributed by atoms with Crippen LogP contribution in [0.4, 0.5) is 23.1 Å². The van der Waals surface area contributed by atoms with E-state index in [-0.39, 0.29) is 23.9 Å². The van der Waals surface area contributed by atoms with E-state index in [1.54, 1.807) is 12.1 Å². The molecule has 1 aliphatic rings. The van der Waals surface area contributed by atoms with Gasteiger partial charge in [0.1, 0.15) is 23.8 Å². The summed E-state index contributed by atoms with van der Waals surface area (Å²) >= 11 is 0. The fourth-order valence-corrected chi connectivity index (χ4v) is 2.39. The van der Waals surface area contributed by atoms with E-state index in [0.29, 0.717) is 17.5 Å². The van der Waals surface area contributed by atoms with Crippen LogP contribution in [-0.4, -0.2) is 39.6 Å². The van der Waals surface area contributed by atoms with Crippen molar-refractivity contribution in [3.8, 4) is 5.75 Å². The van der Waals surface area contributed by atoms with Gasteiger partial charge in [-0.2, -0.15) is 4.98 Å². The van der Waals surface area contributed by atoms with Crippen molar-refractivity contribution >= 4 is 29.1 Å². The summed E-state index contributed by atoms with van der Waals surface area (Å²) in [7, 11) is 1.43. The Morgan fingerprint density at radius 1 is 1.38 bits per heavy atom. The predicted molar refractivity (Wildman–Crippen MR) is 93.1 cm³/mol. The molecular formula is C16H17N5O5. The molecule has 10 heteroatoms. The molecule has 1 heterocycles. The second kappa shape index (κ2) is 7.21. The number of ether oxygens (including phenoxy) is 1. The number of carbonyl (C=O) groups is 1. The maximum atomic E-state index is 11.3. The predicted octanol–water partition coefficient (Wildman–Crippen LogP) is 2.51. The molecule has 1 aliphatic carbocycles. The number of aliphatic carboxylic acids is 1. The lowest BCUT2D eigenvalue weighted by molar-refractivity contribution is -0.384. The molecule has 0 aliphatic heterocycles. The maximum Gasteiger partial charge on any atom is 0.322 e. The van der Waals surface area contributed by atoms with Crippen molar-refractivity contribution in [2.24, 2.45) is 0 Å². The van der Waals surface area contributed by atoms with Gasteiger partial charge in [0.15, 0.2) is 0 Å². The number of hydrogen-bond acceptors (Lipinski definition) is 8. The minimum atomic E-state index is -1.04. The zero-order valence-corrected chi connectivity index (χ0v) is 13.9. The van der Waals surface area contributed by atoms with E-state index in [1.165, 1.54) is 19.2 Å². The zero-order valence-electron chi connectivity index (χ0n) is 13.9. The van der Waals surface area contributed by atoms with Gasteiger partial charge >= 0.3 is 5.97 Å². The second-order valence-electron chi connectivity index (χ2n) is 5.79. The minimum Gasteiger partial charge on any atom is -0.496 e. The first kappa shape index (κ1) is 17.4.